The first kappa shape index (κ1) is 23.0. The molecule has 0 aliphatic carbocycles. The zero-order valence-electron chi connectivity index (χ0n) is 18.0. The van der Waals surface area contributed by atoms with Crippen LogP contribution in [-0.4, -0.2) is 56.2 Å². The van der Waals surface area contributed by atoms with Crippen LogP contribution < -0.4 is 0 Å². The van der Waals surface area contributed by atoms with Crippen molar-refractivity contribution in [2.75, 3.05) is 26.7 Å². The highest BCUT2D eigenvalue weighted by atomic mass is 32.2. The van der Waals surface area contributed by atoms with E-state index in [1.165, 1.54) is 15.5 Å². The molecular weight excluding hydrogens is 420 g/mol. The number of hydrogen-bond acceptors (Lipinski definition) is 6. The average Bonchev–Trinajstić information content (AvgIpc) is 3.26. The van der Waals surface area contributed by atoms with Gasteiger partial charge in [-0.1, -0.05) is 6.07 Å². The molecule has 1 aliphatic rings. The lowest BCUT2D eigenvalue weighted by molar-refractivity contribution is -0.156. The topological polar surface area (TPSA) is 97.1 Å². The van der Waals surface area contributed by atoms with E-state index in [1.807, 2.05) is 13.8 Å². The third kappa shape index (κ3) is 5.54. The number of nitrogens with zero attached hydrogens (tertiary/aromatic N) is 2. The fraction of sp³-hybridized carbons (Fsp3) is 0.455. The molecular formula is C22H28N2O6S. The third-order valence-electron chi connectivity index (χ3n) is 5.64. The second-order valence-electron chi connectivity index (χ2n) is 7.86. The summed E-state index contributed by atoms with van der Waals surface area (Å²) >= 11 is 0. The SMILES string of the molecule is Cc1ccc(S(=O)(=O)N2CCC(C(=O)OCC(=O)N(C)Cc3ccco3)CC2)cc1C. The van der Waals surface area contributed by atoms with E-state index < -0.39 is 21.9 Å². The normalized spacial score (nSPS) is 15.6. The number of carbonyl (C=O) groups is 2. The van der Waals surface area contributed by atoms with Crippen molar-refractivity contribution in [3.8, 4) is 0 Å². The largest absolute Gasteiger partial charge is 0.467 e. The number of likely N-dealkylation sites (N-methyl/N-ethyl adjacent to an activating group) is 1. The monoisotopic (exact) mass is 448 g/mol. The molecule has 0 radical (unpaired) electrons. The van der Waals surface area contributed by atoms with Crippen molar-refractivity contribution >= 4 is 21.9 Å². The minimum absolute atomic E-state index is 0.237. The average molecular weight is 449 g/mol. The first-order valence-electron chi connectivity index (χ1n) is 10.2. The Bertz CT molecular complexity index is 1020. The smallest absolute Gasteiger partial charge is 0.309 e. The number of rotatable bonds is 7. The van der Waals surface area contributed by atoms with E-state index in [4.69, 9.17) is 9.15 Å². The van der Waals surface area contributed by atoms with Crippen LogP contribution >= 0.6 is 0 Å². The lowest BCUT2D eigenvalue weighted by Gasteiger charge is -2.30. The quantitative estimate of drug-likeness (QED) is 0.604. The number of benzene rings is 1. The lowest BCUT2D eigenvalue weighted by atomic mass is 9.98. The summed E-state index contributed by atoms with van der Waals surface area (Å²) in [5, 5.41) is 0. The predicted octanol–water partition coefficient (Wildman–Crippen LogP) is 2.50. The fourth-order valence-electron chi connectivity index (χ4n) is 3.44. The molecule has 1 aliphatic heterocycles. The van der Waals surface area contributed by atoms with Crippen LogP contribution in [0, 0.1) is 19.8 Å². The van der Waals surface area contributed by atoms with Crippen LogP contribution in [0.3, 0.4) is 0 Å². The Balaban J connectivity index is 1.49. The van der Waals surface area contributed by atoms with E-state index in [2.05, 4.69) is 0 Å². The number of furan rings is 1. The number of carbonyl (C=O) groups excluding carboxylic acids is 2. The Kier molecular flexibility index (Phi) is 7.17. The molecule has 0 spiro atoms. The highest BCUT2D eigenvalue weighted by Gasteiger charge is 2.33. The highest BCUT2D eigenvalue weighted by molar-refractivity contribution is 7.89. The number of piperidine rings is 1. The van der Waals surface area contributed by atoms with Crippen molar-refractivity contribution in [3.05, 3.63) is 53.5 Å². The van der Waals surface area contributed by atoms with Crippen LogP contribution in [-0.2, 0) is 30.9 Å². The molecule has 1 amide bonds. The van der Waals surface area contributed by atoms with Crippen LogP contribution in [0.4, 0.5) is 0 Å². The summed E-state index contributed by atoms with van der Waals surface area (Å²) in [5.41, 5.74) is 1.95. The number of aryl methyl sites for hydroxylation is 2. The molecule has 2 aromatic rings. The van der Waals surface area contributed by atoms with E-state index in [0.717, 1.165) is 11.1 Å². The Morgan fingerprint density at radius 2 is 1.87 bits per heavy atom. The fourth-order valence-corrected chi connectivity index (χ4v) is 5.00. The number of ether oxygens (including phenoxy) is 1. The van der Waals surface area contributed by atoms with Gasteiger partial charge in [-0.15, -0.1) is 0 Å². The Morgan fingerprint density at radius 1 is 1.16 bits per heavy atom. The van der Waals surface area contributed by atoms with Gasteiger partial charge in [-0.2, -0.15) is 4.31 Å². The van der Waals surface area contributed by atoms with E-state index >= 15 is 0 Å². The molecule has 168 valence electrons. The number of hydrogen-bond donors (Lipinski definition) is 0. The zero-order chi connectivity index (χ0) is 22.6. The zero-order valence-corrected chi connectivity index (χ0v) is 18.9. The standard InChI is InChI=1S/C22H28N2O6S/c1-16-6-7-20(13-17(16)2)31(27,28)24-10-8-18(9-11-24)22(26)30-15-21(25)23(3)14-19-5-4-12-29-19/h4-7,12-13,18H,8-11,14-15H2,1-3H3. The van der Waals surface area contributed by atoms with Gasteiger partial charge in [0.1, 0.15) is 5.76 Å². The maximum absolute atomic E-state index is 12.9. The molecule has 0 unspecified atom stereocenters. The van der Waals surface area contributed by atoms with Crippen LogP contribution in [0.15, 0.2) is 45.9 Å². The highest BCUT2D eigenvalue weighted by Crippen LogP contribution is 2.25. The van der Waals surface area contributed by atoms with Gasteiger partial charge in [-0.3, -0.25) is 9.59 Å². The van der Waals surface area contributed by atoms with E-state index in [1.54, 1.807) is 37.4 Å². The Hall–Kier alpha value is -2.65. The molecule has 31 heavy (non-hydrogen) atoms. The van der Waals surface area contributed by atoms with Crippen molar-refractivity contribution in [1.29, 1.82) is 0 Å². The maximum atomic E-state index is 12.9. The molecule has 1 aromatic carbocycles. The van der Waals surface area contributed by atoms with Gasteiger partial charge in [0.05, 0.1) is 23.6 Å². The lowest BCUT2D eigenvalue weighted by Crippen LogP contribution is -2.41. The molecule has 0 bridgehead atoms. The van der Waals surface area contributed by atoms with Gasteiger partial charge in [0.25, 0.3) is 5.91 Å². The Labute approximate surface area is 182 Å². The molecule has 3 rings (SSSR count). The maximum Gasteiger partial charge on any atom is 0.309 e. The second kappa shape index (κ2) is 9.65. The predicted molar refractivity (Wildman–Crippen MR) is 114 cm³/mol. The molecule has 8 nitrogen and oxygen atoms in total. The van der Waals surface area contributed by atoms with Crippen LogP contribution in [0.25, 0.3) is 0 Å². The van der Waals surface area contributed by atoms with Gasteiger partial charge in [-0.25, -0.2) is 8.42 Å². The van der Waals surface area contributed by atoms with E-state index in [-0.39, 0.29) is 37.0 Å². The number of esters is 1. The Morgan fingerprint density at radius 3 is 2.48 bits per heavy atom. The van der Waals surface area contributed by atoms with Crippen molar-refractivity contribution in [3.63, 3.8) is 0 Å². The first-order chi connectivity index (χ1) is 14.7. The van der Waals surface area contributed by atoms with Gasteiger partial charge in [0, 0.05) is 20.1 Å². The van der Waals surface area contributed by atoms with Gasteiger partial charge >= 0.3 is 5.97 Å². The minimum Gasteiger partial charge on any atom is -0.467 e. The summed E-state index contributed by atoms with van der Waals surface area (Å²) in [5.74, 6) is -0.587. The molecule has 0 N–H and O–H groups in total. The number of sulfonamides is 1. The summed E-state index contributed by atoms with van der Waals surface area (Å²) in [6.45, 7) is 4.23. The van der Waals surface area contributed by atoms with Crippen LogP contribution in [0.2, 0.25) is 0 Å². The van der Waals surface area contributed by atoms with E-state index in [0.29, 0.717) is 18.6 Å². The van der Waals surface area contributed by atoms with Crippen molar-refractivity contribution in [2.24, 2.45) is 5.92 Å². The molecule has 1 fully saturated rings. The van der Waals surface area contributed by atoms with Crippen LogP contribution in [0.1, 0.15) is 29.7 Å². The second-order valence-corrected chi connectivity index (χ2v) is 9.80. The summed E-state index contributed by atoms with van der Waals surface area (Å²) in [7, 11) is -1.99. The van der Waals surface area contributed by atoms with Gasteiger partial charge in [0.15, 0.2) is 6.61 Å². The van der Waals surface area contributed by atoms with Crippen molar-refractivity contribution in [2.45, 2.75) is 38.1 Å². The molecule has 9 heteroatoms. The number of amides is 1. The molecule has 1 aromatic heterocycles. The van der Waals surface area contributed by atoms with Crippen molar-refractivity contribution < 1.29 is 27.2 Å². The van der Waals surface area contributed by atoms with Crippen molar-refractivity contribution in [1.82, 2.24) is 9.21 Å². The minimum atomic E-state index is -3.60. The van der Waals surface area contributed by atoms with E-state index in [9.17, 15) is 18.0 Å². The van der Waals surface area contributed by atoms with Crippen LogP contribution in [0.5, 0.6) is 0 Å². The summed E-state index contributed by atoms with van der Waals surface area (Å²) in [4.78, 5) is 26.2. The van der Waals surface area contributed by atoms with Gasteiger partial charge in [0.2, 0.25) is 10.0 Å². The molecule has 2 heterocycles. The first-order valence-corrected chi connectivity index (χ1v) is 11.6. The molecule has 0 saturated carbocycles. The van der Waals surface area contributed by atoms with Gasteiger partial charge in [-0.05, 0) is 62.1 Å². The van der Waals surface area contributed by atoms with Gasteiger partial charge < -0.3 is 14.1 Å². The molecule has 1 saturated heterocycles. The summed E-state index contributed by atoms with van der Waals surface area (Å²) in [6.07, 6.45) is 2.25. The third-order valence-corrected chi connectivity index (χ3v) is 7.53. The summed E-state index contributed by atoms with van der Waals surface area (Å²) < 4.78 is 37.6. The molecule has 0 atom stereocenters. The summed E-state index contributed by atoms with van der Waals surface area (Å²) in [6, 6.07) is 8.58.